The van der Waals surface area contributed by atoms with Crippen LogP contribution in [0.1, 0.15) is 15.9 Å². The Kier molecular flexibility index (Phi) is 6.25. The number of halogens is 1. The summed E-state index contributed by atoms with van der Waals surface area (Å²) in [5.74, 6) is -0.483. The van der Waals surface area contributed by atoms with E-state index in [9.17, 15) is 33.4 Å². The number of carbonyl (C=O) groups is 1. The number of benzene rings is 2. The summed E-state index contributed by atoms with van der Waals surface area (Å²) >= 11 is 5.77. The number of carbonyl (C=O) groups excluding carboxylic acids is 1. The van der Waals surface area contributed by atoms with E-state index in [1.165, 1.54) is 29.2 Å². The lowest BCUT2D eigenvalue weighted by Gasteiger charge is -2.34. The monoisotopic (exact) mass is 468 g/mol. The Morgan fingerprint density at radius 2 is 1.65 bits per heavy atom. The maximum absolute atomic E-state index is 13.0. The molecule has 1 aliphatic heterocycles. The molecule has 0 atom stereocenters. The van der Waals surface area contributed by atoms with Crippen LogP contribution in [0.5, 0.6) is 0 Å². The van der Waals surface area contributed by atoms with Crippen LogP contribution >= 0.6 is 11.6 Å². The van der Waals surface area contributed by atoms with E-state index in [0.29, 0.717) is 5.56 Å². The minimum atomic E-state index is -4.00. The van der Waals surface area contributed by atoms with Crippen LogP contribution in [0, 0.1) is 27.2 Å². The fraction of sp³-hybridized carbons (Fsp3) is 0.278. The van der Waals surface area contributed by atoms with Gasteiger partial charge >= 0.3 is 0 Å². The van der Waals surface area contributed by atoms with Gasteiger partial charge in [0.05, 0.1) is 14.7 Å². The number of non-ortho nitro benzene ring substituents is 1. The first kappa shape index (κ1) is 22.6. The molecule has 0 N–H and O–H groups in total. The SMILES string of the molecule is Cc1ccc([N+](=O)[O-])cc1S(=O)(=O)N1CCN(C(=O)c2ccc(Cl)c([N+](=O)[O-])c2)CC1. The van der Waals surface area contributed by atoms with Crippen molar-refractivity contribution in [1.29, 1.82) is 0 Å². The highest BCUT2D eigenvalue weighted by molar-refractivity contribution is 7.89. The Morgan fingerprint density at radius 1 is 1.00 bits per heavy atom. The van der Waals surface area contributed by atoms with Gasteiger partial charge in [-0.1, -0.05) is 17.7 Å². The molecule has 0 unspecified atom stereocenters. The summed E-state index contributed by atoms with van der Waals surface area (Å²) in [7, 11) is -4.00. The number of hydrogen-bond acceptors (Lipinski definition) is 7. The third kappa shape index (κ3) is 4.50. The molecule has 0 spiro atoms. The van der Waals surface area contributed by atoms with Crippen LogP contribution in [-0.2, 0) is 10.0 Å². The molecule has 11 nitrogen and oxygen atoms in total. The van der Waals surface area contributed by atoms with Gasteiger partial charge in [0.2, 0.25) is 10.0 Å². The summed E-state index contributed by atoms with van der Waals surface area (Å²) in [5.41, 5.74) is -0.281. The molecule has 1 fully saturated rings. The average molecular weight is 469 g/mol. The molecular formula is C18H17ClN4O7S. The summed E-state index contributed by atoms with van der Waals surface area (Å²) in [6.45, 7) is 1.62. The topological polar surface area (TPSA) is 144 Å². The molecule has 1 aliphatic rings. The molecule has 3 rings (SSSR count). The quantitative estimate of drug-likeness (QED) is 0.484. The van der Waals surface area contributed by atoms with Crippen molar-refractivity contribution in [1.82, 2.24) is 9.21 Å². The van der Waals surface area contributed by atoms with Crippen LogP contribution in [0.3, 0.4) is 0 Å². The normalized spacial score (nSPS) is 15.0. The van der Waals surface area contributed by atoms with E-state index >= 15 is 0 Å². The zero-order valence-electron chi connectivity index (χ0n) is 16.2. The molecule has 1 saturated heterocycles. The van der Waals surface area contributed by atoms with Gasteiger partial charge in [-0.3, -0.25) is 25.0 Å². The highest BCUT2D eigenvalue weighted by atomic mass is 35.5. The van der Waals surface area contributed by atoms with Crippen molar-refractivity contribution < 1.29 is 23.1 Å². The smallest absolute Gasteiger partial charge is 0.288 e. The van der Waals surface area contributed by atoms with Crippen LogP contribution in [0.25, 0.3) is 0 Å². The van der Waals surface area contributed by atoms with Crippen molar-refractivity contribution in [2.45, 2.75) is 11.8 Å². The Labute approximate surface area is 182 Å². The van der Waals surface area contributed by atoms with Crippen molar-refractivity contribution >= 4 is 38.9 Å². The Morgan fingerprint density at radius 3 is 2.23 bits per heavy atom. The number of rotatable bonds is 5. The van der Waals surface area contributed by atoms with E-state index in [-0.39, 0.29) is 47.3 Å². The number of nitro groups is 2. The highest BCUT2D eigenvalue weighted by Gasteiger charge is 2.32. The van der Waals surface area contributed by atoms with Gasteiger partial charge in [0.25, 0.3) is 17.3 Å². The lowest BCUT2D eigenvalue weighted by atomic mass is 10.1. The van der Waals surface area contributed by atoms with Crippen LogP contribution in [0.2, 0.25) is 5.02 Å². The minimum absolute atomic E-state index is 0.0219. The van der Waals surface area contributed by atoms with Gasteiger partial charge in [0.15, 0.2) is 0 Å². The second-order valence-corrected chi connectivity index (χ2v) is 9.14. The first-order valence-corrected chi connectivity index (χ1v) is 10.8. The lowest BCUT2D eigenvalue weighted by Crippen LogP contribution is -2.50. The summed E-state index contributed by atoms with van der Waals surface area (Å²) in [6, 6.07) is 7.34. The summed E-state index contributed by atoms with van der Waals surface area (Å²) in [4.78, 5) is 34.6. The molecule has 2 aromatic rings. The molecule has 31 heavy (non-hydrogen) atoms. The number of nitro benzene ring substituents is 2. The molecule has 1 amide bonds. The lowest BCUT2D eigenvalue weighted by molar-refractivity contribution is -0.385. The summed E-state index contributed by atoms with van der Waals surface area (Å²) in [6.07, 6.45) is 0. The summed E-state index contributed by atoms with van der Waals surface area (Å²) in [5, 5.41) is 22.0. The molecule has 0 bridgehead atoms. The number of amides is 1. The number of aryl methyl sites for hydroxylation is 1. The predicted octanol–water partition coefficient (Wildman–Crippen LogP) is 2.61. The largest absolute Gasteiger partial charge is 0.336 e. The van der Waals surface area contributed by atoms with Gasteiger partial charge in [0.1, 0.15) is 5.02 Å². The minimum Gasteiger partial charge on any atom is -0.336 e. The Bertz CT molecular complexity index is 1180. The van der Waals surface area contributed by atoms with Gasteiger partial charge < -0.3 is 4.90 Å². The first-order chi connectivity index (χ1) is 14.5. The van der Waals surface area contributed by atoms with E-state index in [0.717, 1.165) is 16.4 Å². The second kappa shape index (κ2) is 8.57. The van der Waals surface area contributed by atoms with Crippen molar-refractivity contribution in [3.05, 3.63) is 72.8 Å². The van der Waals surface area contributed by atoms with E-state index in [1.54, 1.807) is 6.92 Å². The highest BCUT2D eigenvalue weighted by Crippen LogP contribution is 2.27. The Balaban J connectivity index is 1.77. The van der Waals surface area contributed by atoms with E-state index in [1.807, 2.05) is 0 Å². The van der Waals surface area contributed by atoms with Crippen molar-refractivity contribution in [3.8, 4) is 0 Å². The molecule has 1 heterocycles. The molecule has 164 valence electrons. The molecular weight excluding hydrogens is 452 g/mol. The molecule has 0 saturated carbocycles. The van der Waals surface area contributed by atoms with Gasteiger partial charge in [-0.05, 0) is 24.6 Å². The van der Waals surface area contributed by atoms with Crippen molar-refractivity contribution in [2.24, 2.45) is 0 Å². The maximum atomic E-state index is 13.0. The molecule has 2 aromatic carbocycles. The maximum Gasteiger partial charge on any atom is 0.288 e. The van der Waals surface area contributed by atoms with Crippen LogP contribution < -0.4 is 0 Å². The zero-order chi connectivity index (χ0) is 22.9. The van der Waals surface area contributed by atoms with Gasteiger partial charge in [0, 0.05) is 49.9 Å². The van der Waals surface area contributed by atoms with Crippen molar-refractivity contribution in [3.63, 3.8) is 0 Å². The third-order valence-electron chi connectivity index (χ3n) is 4.92. The molecule has 0 aromatic heterocycles. The van der Waals surface area contributed by atoms with E-state index in [2.05, 4.69) is 0 Å². The molecule has 13 heteroatoms. The van der Waals surface area contributed by atoms with Crippen LogP contribution in [0.4, 0.5) is 11.4 Å². The number of sulfonamides is 1. The standard InChI is InChI=1S/C18H17ClN4O7S/c1-12-2-4-14(22(25)26)11-17(12)31(29,30)21-8-6-20(7-9-21)18(24)13-3-5-15(19)16(10-13)23(27)28/h2-5,10-11H,6-9H2,1H3. The predicted molar refractivity (Wildman–Crippen MR) is 111 cm³/mol. The third-order valence-corrected chi connectivity index (χ3v) is 7.28. The van der Waals surface area contributed by atoms with E-state index in [4.69, 9.17) is 11.6 Å². The second-order valence-electron chi connectivity index (χ2n) is 6.83. The Hall–Kier alpha value is -3.09. The average Bonchev–Trinajstić information content (AvgIpc) is 2.73. The zero-order valence-corrected chi connectivity index (χ0v) is 17.8. The fourth-order valence-electron chi connectivity index (χ4n) is 3.22. The number of piperazine rings is 1. The first-order valence-electron chi connectivity index (χ1n) is 9.01. The molecule has 0 radical (unpaired) electrons. The van der Waals surface area contributed by atoms with Gasteiger partial charge in [-0.25, -0.2) is 8.42 Å². The fourth-order valence-corrected chi connectivity index (χ4v) is 5.07. The summed E-state index contributed by atoms with van der Waals surface area (Å²) < 4.78 is 27.2. The molecule has 0 aliphatic carbocycles. The van der Waals surface area contributed by atoms with Crippen LogP contribution in [-0.4, -0.2) is 59.6 Å². The van der Waals surface area contributed by atoms with Crippen LogP contribution in [0.15, 0.2) is 41.3 Å². The van der Waals surface area contributed by atoms with E-state index < -0.39 is 31.5 Å². The number of hydrogen-bond donors (Lipinski definition) is 0. The number of nitrogens with zero attached hydrogens (tertiary/aromatic N) is 4. The van der Waals surface area contributed by atoms with Gasteiger partial charge in [-0.2, -0.15) is 4.31 Å². The van der Waals surface area contributed by atoms with Gasteiger partial charge in [-0.15, -0.1) is 0 Å². The van der Waals surface area contributed by atoms with Crippen molar-refractivity contribution in [2.75, 3.05) is 26.2 Å².